The van der Waals surface area contributed by atoms with Gasteiger partial charge in [0.05, 0.1) is 18.4 Å². The summed E-state index contributed by atoms with van der Waals surface area (Å²) in [6.07, 6.45) is 3.96. The van der Waals surface area contributed by atoms with E-state index in [4.69, 9.17) is 15.9 Å². The molecule has 2 aromatic rings. The van der Waals surface area contributed by atoms with Crippen LogP contribution in [0.1, 0.15) is 29.0 Å². The number of nitrogen functional groups attached to an aromatic ring is 1. The second kappa shape index (κ2) is 4.92. The van der Waals surface area contributed by atoms with E-state index in [1.54, 1.807) is 18.4 Å². The number of hydrogen-bond acceptors (Lipinski definition) is 4. The number of amides is 1. The fourth-order valence-corrected chi connectivity index (χ4v) is 2.32. The lowest BCUT2D eigenvalue weighted by Crippen LogP contribution is -2.25. The summed E-state index contributed by atoms with van der Waals surface area (Å²) in [7, 11) is 0. The Morgan fingerprint density at radius 3 is 2.75 bits per heavy atom. The van der Waals surface area contributed by atoms with Gasteiger partial charge in [0.2, 0.25) is 0 Å². The number of furan rings is 1. The molecule has 1 fully saturated rings. The smallest absolute Gasteiger partial charge is 0.250 e. The minimum atomic E-state index is -0.502. The Labute approximate surface area is 117 Å². The molecule has 0 saturated heterocycles. The first-order chi connectivity index (χ1) is 9.65. The number of rotatable bonds is 5. The molecule has 0 spiro atoms. The van der Waals surface area contributed by atoms with Crippen LogP contribution in [0.4, 0.5) is 11.4 Å². The highest BCUT2D eigenvalue weighted by molar-refractivity contribution is 5.99. The first kappa shape index (κ1) is 12.6. The Bertz CT molecular complexity index is 618. The van der Waals surface area contributed by atoms with Crippen LogP contribution in [0.3, 0.4) is 0 Å². The van der Waals surface area contributed by atoms with Crippen molar-refractivity contribution in [3.8, 4) is 0 Å². The molecule has 1 saturated carbocycles. The fourth-order valence-electron chi connectivity index (χ4n) is 2.32. The van der Waals surface area contributed by atoms with Crippen molar-refractivity contribution in [2.24, 2.45) is 5.73 Å². The van der Waals surface area contributed by atoms with E-state index in [1.807, 2.05) is 18.2 Å². The number of hydrogen-bond donors (Lipinski definition) is 2. The van der Waals surface area contributed by atoms with Crippen molar-refractivity contribution >= 4 is 17.3 Å². The van der Waals surface area contributed by atoms with E-state index >= 15 is 0 Å². The van der Waals surface area contributed by atoms with E-state index in [-0.39, 0.29) is 0 Å². The van der Waals surface area contributed by atoms with E-state index in [0.717, 1.165) is 24.3 Å². The van der Waals surface area contributed by atoms with Crippen molar-refractivity contribution in [1.29, 1.82) is 0 Å². The summed E-state index contributed by atoms with van der Waals surface area (Å²) in [5, 5.41) is 0. The number of nitrogens with zero attached hydrogens (tertiary/aromatic N) is 1. The van der Waals surface area contributed by atoms with Crippen LogP contribution in [0.25, 0.3) is 0 Å². The topological polar surface area (TPSA) is 85.5 Å². The van der Waals surface area contributed by atoms with E-state index in [2.05, 4.69) is 4.90 Å². The van der Waals surface area contributed by atoms with Gasteiger partial charge in [0.25, 0.3) is 5.91 Å². The third-order valence-electron chi connectivity index (χ3n) is 3.53. The molecule has 1 aliphatic carbocycles. The van der Waals surface area contributed by atoms with Gasteiger partial charge < -0.3 is 20.8 Å². The zero-order valence-electron chi connectivity index (χ0n) is 11.1. The highest BCUT2D eigenvalue weighted by atomic mass is 16.3. The van der Waals surface area contributed by atoms with Gasteiger partial charge >= 0.3 is 0 Å². The maximum Gasteiger partial charge on any atom is 0.250 e. The number of carbonyl (C=O) groups excluding carboxylic acids is 1. The maximum absolute atomic E-state index is 11.4. The summed E-state index contributed by atoms with van der Waals surface area (Å²) in [4.78, 5) is 13.6. The quantitative estimate of drug-likeness (QED) is 0.816. The molecule has 1 aliphatic rings. The SMILES string of the molecule is NC(=O)c1cc(N(Cc2ccco2)C2CC2)ccc1N. The largest absolute Gasteiger partial charge is 0.467 e. The van der Waals surface area contributed by atoms with Gasteiger partial charge in [-0.05, 0) is 43.2 Å². The van der Waals surface area contributed by atoms with Crippen molar-refractivity contribution in [1.82, 2.24) is 0 Å². The Balaban J connectivity index is 1.91. The molecule has 3 rings (SSSR count). The predicted octanol–water partition coefficient (Wildman–Crippen LogP) is 2.13. The van der Waals surface area contributed by atoms with Crippen LogP contribution in [0.5, 0.6) is 0 Å². The zero-order chi connectivity index (χ0) is 14.1. The minimum Gasteiger partial charge on any atom is -0.467 e. The highest BCUT2D eigenvalue weighted by Gasteiger charge is 2.30. The molecule has 0 unspecified atom stereocenters. The van der Waals surface area contributed by atoms with Gasteiger partial charge in [-0.25, -0.2) is 0 Å². The molecular formula is C15H17N3O2. The summed E-state index contributed by atoms with van der Waals surface area (Å²) < 4.78 is 5.41. The van der Waals surface area contributed by atoms with Gasteiger partial charge in [0.1, 0.15) is 5.76 Å². The van der Waals surface area contributed by atoms with Crippen molar-refractivity contribution in [2.45, 2.75) is 25.4 Å². The molecule has 5 nitrogen and oxygen atoms in total. The average molecular weight is 271 g/mol. The van der Waals surface area contributed by atoms with Gasteiger partial charge in [0, 0.05) is 17.4 Å². The zero-order valence-corrected chi connectivity index (χ0v) is 11.1. The standard InChI is InChI=1S/C15H17N3O2/c16-14-6-5-11(8-13(14)15(17)19)18(10-3-4-10)9-12-2-1-7-20-12/h1-2,5-8,10H,3-4,9,16H2,(H2,17,19). The normalized spacial score (nSPS) is 14.2. The van der Waals surface area contributed by atoms with Crippen LogP contribution in [-0.2, 0) is 6.54 Å². The van der Waals surface area contributed by atoms with Crippen molar-refractivity contribution in [2.75, 3.05) is 10.6 Å². The molecule has 20 heavy (non-hydrogen) atoms. The molecule has 5 heteroatoms. The minimum absolute atomic E-state index is 0.368. The Morgan fingerprint density at radius 2 is 2.15 bits per heavy atom. The second-order valence-corrected chi connectivity index (χ2v) is 5.07. The third kappa shape index (κ3) is 2.47. The van der Waals surface area contributed by atoms with Crippen LogP contribution >= 0.6 is 0 Å². The molecule has 0 bridgehead atoms. The van der Waals surface area contributed by atoms with Crippen LogP contribution in [0.2, 0.25) is 0 Å². The Morgan fingerprint density at radius 1 is 1.35 bits per heavy atom. The molecule has 0 atom stereocenters. The van der Waals surface area contributed by atoms with Crippen LogP contribution in [0, 0.1) is 0 Å². The van der Waals surface area contributed by atoms with Crippen molar-refractivity contribution in [3.05, 3.63) is 47.9 Å². The first-order valence-corrected chi connectivity index (χ1v) is 6.63. The first-order valence-electron chi connectivity index (χ1n) is 6.63. The van der Waals surface area contributed by atoms with Gasteiger partial charge in [-0.15, -0.1) is 0 Å². The van der Waals surface area contributed by atoms with Gasteiger partial charge in [-0.3, -0.25) is 4.79 Å². The van der Waals surface area contributed by atoms with Gasteiger partial charge in [-0.1, -0.05) is 0 Å². The lowest BCUT2D eigenvalue weighted by atomic mass is 10.1. The lowest BCUT2D eigenvalue weighted by Gasteiger charge is -2.24. The number of nitrogens with two attached hydrogens (primary N) is 2. The van der Waals surface area contributed by atoms with E-state index in [1.165, 1.54) is 0 Å². The molecule has 1 aromatic heterocycles. The monoisotopic (exact) mass is 271 g/mol. The Kier molecular flexibility index (Phi) is 3.10. The van der Waals surface area contributed by atoms with Gasteiger partial charge in [-0.2, -0.15) is 0 Å². The summed E-state index contributed by atoms with van der Waals surface area (Å²) in [6, 6.07) is 9.72. The lowest BCUT2D eigenvalue weighted by molar-refractivity contribution is 0.100. The predicted molar refractivity (Wildman–Crippen MR) is 77.3 cm³/mol. The van der Waals surface area contributed by atoms with E-state index in [9.17, 15) is 4.79 Å². The molecule has 1 heterocycles. The second-order valence-electron chi connectivity index (χ2n) is 5.07. The van der Waals surface area contributed by atoms with Crippen molar-refractivity contribution in [3.63, 3.8) is 0 Å². The molecule has 0 radical (unpaired) electrons. The van der Waals surface area contributed by atoms with Crippen LogP contribution < -0.4 is 16.4 Å². The summed E-state index contributed by atoms with van der Waals surface area (Å²) >= 11 is 0. The van der Waals surface area contributed by atoms with Crippen LogP contribution in [-0.4, -0.2) is 11.9 Å². The van der Waals surface area contributed by atoms with Gasteiger partial charge in [0.15, 0.2) is 0 Å². The fraction of sp³-hybridized carbons (Fsp3) is 0.267. The molecular weight excluding hydrogens is 254 g/mol. The molecule has 1 aromatic carbocycles. The van der Waals surface area contributed by atoms with E-state index in [0.29, 0.717) is 23.8 Å². The number of benzene rings is 1. The Hall–Kier alpha value is -2.43. The van der Waals surface area contributed by atoms with E-state index < -0.39 is 5.91 Å². The molecule has 0 aliphatic heterocycles. The number of primary amides is 1. The number of anilines is 2. The van der Waals surface area contributed by atoms with Crippen LogP contribution in [0.15, 0.2) is 41.0 Å². The molecule has 104 valence electrons. The summed E-state index contributed by atoms with van der Waals surface area (Å²) in [5.41, 5.74) is 12.9. The highest BCUT2D eigenvalue weighted by Crippen LogP contribution is 2.34. The molecule has 1 amide bonds. The molecule has 4 N–H and O–H groups in total. The summed E-state index contributed by atoms with van der Waals surface area (Å²) in [5.74, 6) is 0.396. The average Bonchev–Trinajstić information content (AvgIpc) is 3.14. The van der Waals surface area contributed by atoms with Crippen molar-refractivity contribution < 1.29 is 9.21 Å². The summed E-state index contributed by atoms with van der Waals surface area (Å²) in [6.45, 7) is 0.680. The third-order valence-corrected chi connectivity index (χ3v) is 3.53. The maximum atomic E-state index is 11.4. The number of carbonyl (C=O) groups is 1.